The first-order valence-corrected chi connectivity index (χ1v) is 15.8. The lowest BCUT2D eigenvalue weighted by Crippen LogP contribution is -2.26. The fraction of sp³-hybridized carbons (Fsp3) is 0.0732. The SMILES string of the molecule is CC1(C)c2ncccc2Oc2c1c1ccccc1c1c3cccnc3n(-c3nc(-c4ccccc4)c4c(ccc5ccccc54)n3)c21. The minimum absolute atomic E-state index is 0.439. The highest BCUT2D eigenvalue weighted by atomic mass is 16.5. The normalized spacial score (nSPS) is 13.7. The van der Waals surface area contributed by atoms with E-state index in [0.29, 0.717) is 5.95 Å². The van der Waals surface area contributed by atoms with Gasteiger partial charge in [-0.25, -0.2) is 15.0 Å². The van der Waals surface area contributed by atoms with Crippen LogP contribution in [-0.4, -0.2) is 24.5 Å². The number of aromatic nitrogens is 5. The van der Waals surface area contributed by atoms with E-state index in [2.05, 4.69) is 109 Å². The van der Waals surface area contributed by atoms with Gasteiger partial charge in [0.2, 0.25) is 5.95 Å². The summed E-state index contributed by atoms with van der Waals surface area (Å²) in [7, 11) is 0. The molecule has 222 valence electrons. The van der Waals surface area contributed by atoms with Crippen LogP contribution in [0.5, 0.6) is 11.5 Å². The van der Waals surface area contributed by atoms with Gasteiger partial charge in [0, 0.05) is 45.1 Å². The molecule has 1 aliphatic rings. The van der Waals surface area contributed by atoms with Gasteiger partial charge in [0.1, 0.15) is 16.9 Å². The van der Waals surface area contributed by atoms with Crippen LogP contribution in [0.3, 0.4) is 0 Å². The van der Waals surface area contributed by atoms with Gasteiger partial charge < -0.3 is 4.74 Å². The monoisotopic (exact) mass is 605 g/mol. The molecule has 1 aliphatic heterocycles. The van der Waals surface area contributed by atoms with Crippen molar-refractivity contribution in [3.8, 4) is 28.7 Å². The molecule has 6 heteroatoms. The van der Waals surface area contributed by atoms with Gasteiger partial charge in [-0.3, -0.25) is 9.55 Å². The van der Waals surface area contributed by atoms with Crippen molar-refractivity contribution in [3.05, 3.63) is 139 Å². The molecule has 0 aliphatic carbocycles. The van der Waals surface area contributed by atoms with Crippen LogP contribution in [0, 0.1) is 0 Å². The Morgan fingerprint density at radius 2 is 1.34 bits per heavy atom. The molecule has 10 rings (SSSR count). The standard InChI is InChI=1S/C41H27N5O/c1-41(2)34-28-17-9-8-16-27(28)32-29-18-10-23-43-39(29)46(36(32)37(34)47-31-19-11-22-42-38(31)41)40-44-30-21-20-24-12-6-7-15-26(24)33(30)35(45-40)25-13-4-3-5-14-25/h3-23H,1-2H3. The first kappa shape index (κ1) is 26.1. The fourth-order valence-electron chi connectivity index (χ4n) is 7.64. The van der Waals surface area contributed by atoms with E-state index in [4.69, 9.17) is 24.7 Å². The number of hydrogen-bond donors (Lipinski definition) is 0. The number of nitrogens with zero attached hydrogens (tertiary/aromatic N) is 5. The van der Waals surface area contributed by atoms with Crippen molar-refractivity contribution in [3.63, 3.8) is 0 Å². The smallest absolute Gasteiger partial charge is 0.237 e. The summed E-state index contributed by atoms with van der Waals surface area (Å²) in [5.74, 6) is 2.08. The number of fused-ring (bicyclic) bond motifs is 12. The van der Waals surface area contributed by atoms with Gasteiger partial charge in [-0.05, 0) is 65.7 Å². The number of ether oxygens (including phenoxy) is 1. The molecular formula is C41H27N5O. The van der Waals surface area contributed by atoms with Crippen molar-refractivity contribution in [2.75, 3.05) is 0 Å². The van der Waals surface area contributed by atoms with Crippen molar-refractivity contribution in [2.45, 2.75) is 19.3 Å². The summed E-state index contributed by atoms with van der Waals surface area (Å²) in [5, 5.41) is 7.64. The summed E-state index contributed by atoms with van der Waals surface area (Å²) in [6, 6.07) is 39.7. The van der Waals surface area contributed by atoms with Crippen molar-refractivity contribution in [2.24, 2.45) is 0 Å². The second-order valence-electron chi connectivity index (χ2n) is 12.7. The molecule has 6 nitrogen and oxygen atoms in total. The molecule has 47 heavy (non-hydrogen) atoms. The van der Waals surface area contributed by atoms with Crippen LogP contribution in [0.4, 0.5) is 0 Å². The molecule has 0 fully saturated rings. The molecule has 4 aromatic heterocycles. The van der Waals surface area contributed by atoms with Gasteiger partial charge in [-0.15, -0.1) is 0 Å². The van der Waals surface area contributed by atoms with E-state index in [1.165, 1.54) is 0 Å². The van der Waals surface area contributed by atoms with Crippen LogP contribution in [0.2, 0.25) is 0 Å². The Morgan fingerprint density at radius 3 is 2.21 bits per heavy atom. The average Bonchev–Trinajstić information content (AvgIpc) is 3.47. The summed E-state index contributed by atoms with van der Waals surface area (Å²) >= 11 is 0. The van der Waals surface area contributed by atoms with E-state index < -0.39 is 5.41 Å². The third-order valence-corrected chi connectivity index (χ3v) is 9.66. The molecule has 0 saturated heterocycles. The Balaban J connectivity index is 1.41. The topological polar surface area (TPSA) is 65.7 Å². The number of rotatable bonds is 2. The van der Waals surface area contributed by atoms with Gasteiger partial charge >= 0.3 is 0 Å². The summed E-state index contributed by atoms with van der Waals surface area (Å²) in [6.45, 7) is 4.46. The van der Waals surface area contributed by atoms with E-state index in [1.54, 1.807) is 0 Å². The van der Waals surface area contributed by atoms with Crippen molar-refractivity contribution >= 4 is 54.4 Å². The maximum atomic E-state index is 6.92. The maximum Gasteiger partial charge on any atom is 0.237 e. The van der Waals surface area contributed by atoms with Gasteiger partial charge in [-0.1, -0.05) is 84.9 Å². The zero-order valence-corrected chi connectivity index (χ0v) is 25.8. The molecule has 0 spiro atoms. The molecule has 0 amide bonds. The lowest BCUT2D eigenvalue weighted by atomic mass is 9.75. The highest BCUT2D eigenvalue weighted by Gasteiger charge is 2.40. The van der Waals surface area contributed by atoms with Crippen molar-refractivity contribution in [1.82, 2.24) is 24.5 Å². The molecule has 0 saturated carbocycles. The van der Waals surface area contributed by atoms with Crippen LogP contribution in [0.15, 0.2) is 128 Å². The number of hydrogen-bond acceptors (Lipinski definition) is 5. The molecule has 5 heterocycles. The van der Waals surface area contributed by atoms with Crippen LogP contribution in [0.25, 0.3) is 71.6 Å². The van der Waals surface area contributed by atoms with E-state index >= 15 is 0 Å². The summed E-state index contributed by atoms with van der Waals surface area (Å²) in [6.07, 6.45) is 3.68. The molecule has 5 aromatic carbocycles. The summed E-state index contributed by atoms with van der Waals surface area (Å²) < 4.78 is 9.03. The highest BCUT2D eigenvalue weighted by Crippen LogP contribution is 2.54. The quantitative estimate of drug-likeness (QED) is 0.184. The van der Waals surface area contributed by atoms with Gasteiger partial charge in [0.05, 0.1) is 16.9 Å². The minimum atomic E-state index is -0.439. The predicted molar refractivity (Wildman–Crippen MR) is 189 cm³/mol. The average molecular weight is 606 g/mol. The Kier molecular flexibility index (Phi) is 5.24. The number of benzene rings is 5. The highest BCUT2D eigenvalue weighted by molar-refractivity contribution is 6.24. The zero-order valence-electron chi connectivity index (χ0n) is 25.8. The molecular weight excluding hydrogens is 578 g/mol. The molecule has 0 atom stereocenters. The van der Waals surface area contributed by atoms with E-state index in [-0.39, 0.29) is 0 Å². The first-order valence-electron chi connectivity index (χ1n) is 15.8. The minimum Gasteiger partial charge on any atom is -0.453 e. The third-order valence-electron chi connectivity index (χ3n) is 9.66. The molecule has 9 aromatic rings. The fourth-order valence-corrected chi connectivity index (χ4v) is 7.64. The van der Waals surface area contributed by atoms with Gasteiger partial charge in [0.15, 0.2) is 5.75 Å². The molecule has 0 bridgehead atoms. The Bertz CT molecular complexity index is 2750. The second-order valence-corrected chi connectivity index (χ2v) is 12.7. The van der Waals surface area contributed by atoms with Gasteiger partial charge in [0.25, 0.3) is 0 Å². The van der Waals surface area contributed by atoms with Crippen molar-refractivity contribution < 1.29 is 4.74 Å². The molecule has 0 unspecified atom stereocenters. The van der Waals surface area contributed by atoms with Crippen LogP contribution < -0.4 is 4.74 Å². The van der Waals surface area contributed by atoms with Crippen LogP contribution in [-0.2, 0) is 5.41 Å². The first-order chi connectivity index (χ1) is 23.1. The Hall–Kier alpha value is -6.14. The summed E-state index contributed by atoms with van der Waals surface area (Å²) in [4.78, 5) is 20.5. The maximum absolute atomic E-state index is 6.92. The van der Waals surface area contributed by atoms with E-state index in [1.807, 2.05) is 36.7 Å². The largest absolute Gasteiger partial charge is 0.453 e. The predicted octanol–water partition coefficient (Wildman–Crippen LogP) is 9.92. The van der Waals surface area contributed by atoms with Crippen molar-refractivity contribution in [1.29, 1.82) is 0 Å². The Morgan fingerprint density at radius 1 is 0.617 bits per heavy atom. The lowest BCUT2D eigenvalue weighted by molar-refractivity contribution is 0.415. The second kappa shape index (κ2) is 9.44. The zero-order chi connectivity index (χ0) is 31.3. The van der Waals surface area contributed by atoms with Crippen LogP contribution >= 0.6 is 0 Å². The van der Waals surface area contributed by atoms with E-state index in [9.17, 15) is 0 Å². The molecule has 0 N–H and O–H groups in total. The summed E-state index contributed by atoms with van der Waals surface area (Å²) in [5.41, 5.74) is 6.00. The third kappa shape index (κ3) is 3.55. The number of pyridine rings is 2. The molecule has 0 radical (unpaired) electrons. The lowest BCUT2D eigenvalue weighted by Gasteiger charge is -2.35. The van der Waals surface area contributed by atoms with Gasteiger partial charge in [-0.2, -0.15) is 0 Å². The van der Waals surface area contributed by atoms with Crippen LogP contribution in [0.1, 0.15) is 25.1 Å². The van der Waals surface area contributed by atoms with E-state index in [0.717, 1.165) is 88.4 Å². The Labute approximate surface area is 270 Å².